The Balaban J connectivity index is 2.11. The molecule has 18 heavy (non-hydrogen) atoms. The Morgan fingerprint density at radius 2 is 2.00 bits per heavy atom. The molecule has 2 unspecified atom stereocenters. The van der Waals surface area contributed by atoms with Gasteiger partial charge in [0.15, 0.2) is 6.10 Å². The van der Waals surface area contributed by atoms with Crippen molar-refractivity contribution in [2.24, 2.45) is 0 Å². The van der Waals surface area contributed by atoms with Crippen LogP contribution < -0.4 is 0 Å². The van der Waals surface area contributed by atoms with Gasteiger partial charge in [0.05, 0.1) is 6.61 Å². The highest BCUT2D eigenvalue weighted by Crippen LogP contribution is 2.46. The topological polar surface area (TPSA) is 38.8 Å². The van der Waals surface area contributed by atoms with Crippen LogP contribution in [0.1, 0.15) is 44.7 Å². The molecule has 98 valence electrons. The molecular weight excluding hydrogens is 228 g/mol. The fourth-order valence-corrected chi connectivity index (χ4v) is 2.12. The number of carbonyl (C=O) groups is 1. The molecular formula is C15H20O3. The van der Waals surface area contributed by atoms with E-state index in [-0.39, 0.29) is 5.97 Å². The summed E-state index contributed by atoms with van der Waals surface area (Å²) >= 11 is 0. The highest BCUT2D eigenvalue weighted by molar-refractivity contribution is 5.79. The number of epoxide rings is 1. The highest BCUT2D eigenvalue weighted by Gasteiger charge is 2.59. The molecule has 1 fully saturated rings. The lowest BCUT2D eigenvalue weighted by Crippen LogP contribution is -2.18. The van der Waals surface area contributed by atoms with E-state index in [0.29, 0.717) is 12.5 Å². The third-order valence-corrected chi connectivity index (χ3v) is 3.46. The van der Waals surface area contributed by atoms with Gasteiger partial charge < -0.3 is 9.47 Å². The summed E-state index contributed by atoms with van der Waals surface area (Å²) in [5.41, 5.74) is 1.81. The van der Waals surface area contributed by atoms with Crippen molar-refractivity contribution in [2.45, 2.75) is 45.3 Å². The van der Waals surface area contributed by atoms with Crippen LogP contribution >= 0.6 is 0 Å². The van der Waals surface area contributed by atoms with Gasteiger partial charge in [0.2, 0.25) is 0 Å². The minimum atomic E-state index is -0.512. The molecule has 1 aliphatic rings. The van der Waals surface area contributed by atoms with E-state index in [1.54, 1.807) is 6.92 Å². The number of esters is 1. The zero-order chi connectivity index (χ0) is 13.3. The average molecular weight is 248 g/mol. The first kappa shape index (κ1) is 13.1. The van der Waals surface area contributed by atoms with E-state index in [1.165, 1.54) is 5.56 Å². The van der Waals surface area contributed by atoms with Crippen molar-refractivity contribution >= 4 is 5.97 Å². The second-order valence-corrected chi connectivity index (χ2v) is 5.13. The maximum absolute atomic E-state index is 11.6. The van der Waals surface area contributed by atoms with Gasteiger partial charge in [-0.25, -0.2) is 4.79 Å². The lowest BCUT2D eigenvalue weighted by Gasteiger charge is -2.10. The summed E-state index contributed by atoms with van der Waals surface area (Å²) in [6.45, 7) is 8.44. The van der Waals surface area contributed by atoms with Gasteiger partial charge in [-0.3, -0.25) is 0 Å². The predicted octanol–water partition coefficient (Wildman–Crippen LogP) is 2.99. The summed E-state index contributed by atoms with van der Waals surface area (Å²) in [5, 5.41) is 0. The van der Waals surface area contributed by atoms with Gasteiger partial charge in [0, 0.05) is 0 Å². The Morgan fingerprint density at radius 1 is 1.39 bits per heavy atom. The van der Waals surface area contributed by atoms with Crippen LogP contribution in [0.5, 0.6) is 0 Å². The van der Waals surface area contributed by atoms with Crippen LogP contribution in [0.4, 0.5) is 0 Å². The minimum absolute atomic E-state index is 0.270. The number of rotatable bonds is 4. The first-order chi connectivity index (χ1) is 8.49. The smallest absolute Gasteiger partial charge is 0.338 e. The molecule has 0 N–H and O–H groups in total. The molecule has 1 aromatic carbocycles. The zero-order valence-electron chi connectivity index (χ0n) is 11.4. The van der Waals surface area contributed by atoms with Crippen LogP contribution in [-0.4, -0.2) is 18.7 Å². The summed E-state index contributed by atoms with van der Waals surface area (Å²) in [4.78, 5) is 11.6. The third-order valence-electron chi connectivity index (χ3n) is 3.46. The van der Waals surface area contributed by atoms with Gasteiger partial charge in [-0.15, -0.1) is 0 Å². The minimum Gasteiger partial charge on any atom is -0.464 e. The van der Waals surface area contributed by atoms with Crippen LogP contribution in [-0.2, 0) is 19.9 Å². The van der Waals surface area contributed by atoms with Gasteiger partial charge >= 0.3 is 5.97 Å². The number of carbonyl (C=O) groups excluding carboxylic acids is 1. The SMILES string of the molecule is CCOC(=O)C1OC1(C)c1ccc(C(C)C)cc1. The average Bonchev–Trinajstić information content (AvgIpc) is 3.04. The van der Waals surface area contributed by atoms with Gasteiger partial charge in [-0.2, -0.15) is 0 Å². The molecule has 0 spiro atoms. The van der Waals surface area contributed by atoms with Crippen molar-refractivity contribution in [1.82, 2.24) is 0 Å². The van der Waals surface area contributed by atoms with Gasteiger partial charge in [0.25, 0.3) is 0 Å². The van der Waals surface area contributed by atoms with Crippen molar-refractivity contribution in [3.8, 4) is 0 Å². The van der Waals surface area contributed by atoms with E-state index in [1.807, 2.05) is 19.1 Å². The largest absolute Gasteiger partial charge is 0.464 e. The van der Waals surface area contributed by atoms with Crippen LogP contribution in [0.3, 0.4) is 0 Å². The van der Waals surface area contributed by atoms with E-state index in [2.05, 4.69) is 26.0 Å². The van der Waals surface area contributed by atoms with E-state index >= 15 is 0 Å². The lowest BCUT2D eigenvalue weighted by molar-refractivity contribution is -0.144. The summed E-state index contributed by atoms with van der Waals surface area (Å²) in [6.07, 6.45) is -0.456. The van der Waals surface area contributed by atoms with E-state index in [4.69, 9.17) is 9.47 Å². The fraction of sp³-hybridized carbons (Fsp3) is 0.533. The lowest BCUT2D eigenvalue weighted by atomic mass is 9.94. The number of benzene rings is 1. The first-order valence-corrected chi connectivity index (χ1v) is 6.44. The Morgan fingerprint density at radius 3 is 2.50 bits per heavy atom. The van der Waals surface area contributed by atoms with Crippen molar-refractivity contribution < 1.29 is 14.3 Å². The Hall–Kier alpha value is -1.35. The third kappa shape index (κ3) is 2.27. The normalized spacial score (nSPS) is 26.2. The summed E-state index contributed by atoms with van der Waals surface area (Å²) in [7, 11) is 0. The molecule has 0 amide bonds. The van der Waals surface area contributed by atoms with Gasteiger partial charge in [-0.1, -0.05) is 38.1 Å². The number of ether oxygens (including phenoxy) is 2. The Kier molecular flexibility index (Phi) is 3.44. The number of hydrogen-bond acceptors (Lipinski definition) is 3. The molecule has 1 aliphatic heterocycles. The molecule has 3 nitrogen and oxygen atoms in total. The molecule has 1 saturated heterocycles. The first-order valence-electron chi connectivity index (χ1n) is 6.44. The Labute approximate surface area is 108 Å². The quantitative estimate of drug-likeness (QED) is 0.607. The van der Waals surface area contributed by atoms with Crippen molar-refractivity contribution in [3.05, 3.63) is 35.4 Å². The molecule has 2 rings (SSSR count). The fourth-order valence-electron chi connectivity index (χ4n) is 2.12. The molecule has 0 aliphatic carbocycles. The molecule has 2 atom stereocenters. The molecule has 0 saturated carbocycles. The summed E-state index contributed by atoms with van der Waals surface area (Å²) < 4.78 is 10.5. The molecule has 3 heteroatoms. The molecule has 1 aromatic rings. The van der Waals surface area contributed by atoms with Crippen molar-refractivity contribution in [1.29, 1.82) is 0 Å². The second-order valence-electron chi connectivity index (χ2n) is 5.13. The molecule has 0 aromatic heterocycles. The number of hydrogen-bond donors (Lipinski definition) is 0. The molecule has 0 bridgehead atoms. The van der Waals surface area contributed by atoms with Crippen LogP contribution in [0.15, 0.2) is 24.3 Å². The van der Waals surface area contributed by atoms with Crippen molar-refractivity contribution in [3.63, 3.8) is 0 Å². The van der Waals surface area contributed by atoms with Gasteiger partial charge in [-0.05, 0) is 30.9 Å². The van der Waals surface area contributed by atoms with Crippen LogP contribution in [0.25, 0.3) is 0 Å². The van der Waals surface area contributed by atoms with E-state index in [0.717, 1.165) is 5.56 Å². The van der Waals surface area contributed by atoms with E-state index < -0.39 is 11.7 Å². The standard InChI is InChI=1S/C15H20O3/c1-5-17-14(16)13-15(4,18-13)12-8-6-11(7-9-12)10(2)3/h6-10,13H,5H2,1-4H3. The zero-order valence-corrected chi connectivity index (χ0v) is 11.4. The second kappa shape index (κ2) is 4.73. The van der Waals surface area contributed by atoms with E-state index in [9.17, 15) is 4.79 Å². The Bertz CT molecular complexity index is 436. The summed E-state index contributed by atoms with van der Waals surface area (Å²) in [5.74, 6) is 0.237. The predicted molar refractivity (Wildman–Crippen MR) is 69.4 cm³/mol. The van der Waals surface area contributed by atoms with Crippen molar-refractivity contribution in [2.75, 3.05) is 6.61 Å². The monoisotopic (exact) mass is 248 g/mol. The van der Waals surface area contributed by atoms with Crippen LogP contribution in [0.2, 0.25) is 0 Å². The maximum Gasteiger partial charge on any atom is 0.338 e. The summed E-state index contributed by atoms with van der Waals surface area (Å²) in [6, 6.07) is 8.26. The van der Waals surface area contributed by atoms with Gasteiger partial charge in [0.1, 0.15) is 5.60 Å². The molecule has 1 heterocycles. The van der Waals surface area contributed by atoms with Crippen LogP contribution in [0, 0.1) is 0 Å². The highest BCUT2D eigenvalue weighted by atomic mass is 16.7. The molecule has 0 radical (unpaired) electrons. The maximum atomic E-state index is 11.6.